The molecule has 1 aliphatic rings. The molecular weight excluding hydrogens is 202 g/mol. The molecule has 0 saturated carbocycles. The van der Waals surface area contributed by atoms with Crippen molar-refractivity contribution in [3.8, 4) is 0 Å². The maximum atomic E-state index is 12.1. The molecule has 94 valence electrons. The van der Waals surface area contributed by atoms with Crippen LogP contribution < -0.4 is 11.1 Å². The SMILES string of the molecule is CCC(CC)CN1CCCNC(CN)C1=O. The van der Waals surface area contributed by atoms with E-state index >= 15 is 0 Å². The molecule has 1 fully saturated rings. The van der Waals surface area contributed by atoms with Gasteiger partial charge in [0, 0.05) is 19.6 Å². The van der Waals surface area contributed by atoms with Crippen LogP contribution in [0.5, 0.6) is 0 Å². The molecule has 0 aliphatic carbocycles. The summed E-state index contributed by atoms with van der Waals surface area (Å²) in [6.07, 6.45) is 3.31. The molecule has 0 aromatic heterocycles. The monoisotopic (exact) mass is 227 g/mol. The van der Waals surface area contributed by atoms with Crippen LogP contribution in [0, 0.1) is 5.92 Å². The average Bonchev–Trinajstić information content (AvgIpc) is 2.48. The van der Waals surface area contributed by atoms with Crippen molar-refractivity contribution >= 4 is 5.91 Å². The van der Waals surface area contributed by atoms with Gasteiger partial charge in [0.15, 0.2) is 0 Å². The summed E-state index contributed by atoms with van der Waals surface area (Å²) < 4.78 is 0. The number of amides is 1. The van der Waals surface area contributed by atoms with E-state index in [0.717, 1.165) is 38.9 Å². The van der Waals surface area contributed by atoms with Gasteiger partial charge in [-0.2, -0.15) is 0 Å². The van der Waals surface area contributed by atoms with E-state index < -0.39 is 0 Å². The molecule has 1 atom stereocenters. The van der Waals surface area contributed by atoms with Crippen molar-refractivity contribution in [1.29, 1.82) is 0 Å². The number of hydrogen-bond donors (Lipinski definition) is 2. The van der Waals surface area contributed by atoms with E-state index in [1.54, 1.807) is 0 Å². The molecular formula is C12H25N3O. The minimum atomic E-state index is -0.170. The summed E-state index contributed by atoms with van der Waals surface area (Å²) in [5.74, 6) is 0.812. The second-order valence-corrected chi connectivity index (χ2v) is 4.56. The predicted molar refractivity (Wildman–Crippen MR) is 66.1 cm³/mol. The summed E-state index contributed by atoms with van der Waals surface area (Å²) in [7, 11) is 0. The van der Waals surface area contributed by atoms with Gasteiger partial charge in [-0.25, -0.2) is 0 Å². The highest BCUT2D eigenvalue weighted by Crippen LogP contribution is 2.12. The molecule has 0 aromatic carbocycles. The van der Waals surface area contributed by atoms with Crippen molar-refractivity contribution < 1.29 is 4.79 Å². The lowest BCUT2D eigenvalue weighted by molar-refractivity contribution is -0.133. The first-order valence-corrected chi connectivity index (χ1v) is 6.45. The van der Waals surface area contributed by atoms with Crippen LogP contribution in [0.15, 0.2) is 0 Å². The van der Waals surface area contributed by atoms with E-state index in [2.05, 4.69) is 19.2 Å². The van der Waals surface area contributed by atoms with Crippen LogP contribution in [-0.2, 0) is 4.79 Å². The third kappa shape index (κ3) is 3.46. The van der Waals surface area contributed by atoms with Crippen molar-refractivity contribution in [2.75, 3.05) is 26.2 Å². The van der Waals surface area contributed by atoms with E-state index in [4.69, 9.17) is 5.73 Å². The first-order valence-electron chi connectivity index (χ1n) is 6.45. The van der Waals surface area contributed by atoms with Crippen LogP contribution in [0.2, 0.25) is 0 Å². The minimum Gasteiger partial charge on any atom is -0.341 e. The van der Waals surface area contributed by atoms with Gasteiger partial charge in [0.25, 0.3) is 0 Å². The van der Waals surface area contributed by atoms with Gasteiger partial charge in [0.1, 0.15) is 0 Å². The second-order valence-electron chi connectivity index (χ2n) is 4.56. The molecule has 1 aliphatic heterocycles. The number of nitrogens with zero attached hydrogens (tertiary/aromatic N) is 1. The van der Waals surface area contributed by atoms with Gasteiger partial charge in [-0.15, -0.1) is 0 Å². The highest BCUT2D eigenvalue weighted by molar-refractivity contribution is 5.82. The van der Waals surface area contributed by atoms with Gasteiger partial charge in [-0.1, -0.05) is 26.7 Å². The highest BCUT2D eigenvalue weighted by Gasteiger charge is 2.26. The fraction of sp³-hybridized carbons (Fsp3) is 0.917. The van der Waals surface area contributed by atoms with E-state index in [9.17, 15) is 4.79 Å². The smallest absolute Gasteiger partial charge is 0.241 e. The molecule has 4 nitrogen and oxygen atoms in total. The summed E-state index contributed by atoms with van der Waals surface area (Å²) in [5, 5.41) is 3.20. The number of nitrogens with two attached hydrogens (primary N) is 1. The molecule has 0 bridgehead atoms. The molecule has 1 rings (SSSR count). The van der Waals surface area contributed by atoms with Gasteiger partial charge in [0.2, 0.25) is 5.91 Å². The zero-order valence-electron chi connectivity index (χ0n) is 10.5. The fourth-order valence-electron chi connectivity index (χ4n) is 2.19. The Morgan fingerprint density at radius 3 is 2.75 bits per heavy atom. The van der Waals surface area contributed by atoms with E-state index in [0.29, 0.717) is 12.5 Å². The maximum absolute atomic E-state index is 12.1. The van der Waals surface area contributed by atoms with Gasteiger partial charge in [0.05, 0.1) is 6.04 Å². The summed E-state index contributed by atoms with van der Waals surface area (Å²) in [6.45, 7) is 7.44. The normalized spacial score (nSPS) is 22.6. The largest absolute Gasteiger partial charge is 0.341 e. The third-order valence-corrected chi connectivity index (χ3v) is 3.47. The number of nitrogens with one attached hydrogen (secondary N) is 1. The van der Waals surface area contributed by atoms with Crippen LogP contribution in [0.25, 0.3) is 0 Å². The van der Waals surface area contributed by atoms with E-state index in [-0.39, 0.29) is 11.9 Å². The molecule has 0 aromatic rings. The molecule has 1 unspecified atom stereocenters. The summed E-state index contributed by atoms with van der Waals surface area (Å²) >= 11 is 0. The van der Waals surface area contributed by atoms with Gasteiger partial charge in [-0.05, 0) is 18.9 Å². The lowest BCUT2D eigenvalue weighted by atomic mass is 10.0. The van der Waals surface area contributed by atoms with Gasteiger partial charge >= 0.3 is 0 Å². The summed E-state index contributed by atoms with van der Waals surface area (Å²) in [5.41, 5.74) is 5.61. The first-order chi connectivity index (χ1) is 7.72. The van der Waals surface area contributed by atoms with Crippen molar-refractivity contribution in [2.45, 2.75) is 39.2 Å². The van der Waals surface area contributed by atoms with Gasteiger partial charge < -0.3 is 16.0 Å². The van der Waals surface area contributed by atoms with Crippen molar-refractivity contribution in [2.24, 2.45) is 11.7 Å². The van der Waals surface area contributed by atoms with Gasteiger partial charge in [-0.3, -0.25) is 4.79 Å². The minimum absolute atomic E-state index is 0.170. The molecule has 1 heterocycles. The topological polar surface area (TPSA) is 58.4 Å². The first kappa shape index (κ1) is 13.5. The fourth-order valence-corrected chi connectivity index (χ4v) is 2.19. The lowest BCUT2D eigenvalue weighted by Gasteiger charge is -2.27. The zero-order valence-corrected chi connectivity index (χ0v) is 10.5. The second kappa shape index (κ2) is 6.86. The molecule has 4 heteroatoms. The predicted octanol–water partition coefficient (Wildman–Crippen LogP) is 0.572. The van der Waals surface area contributed by atoms with Crippen LogP contribution in [0.1, 0.15) is 33.1 Å². The number of carbonyl (C=O) groups is 1. The quantitative estimate of drug-likeness (QED) is 0.722. The molecule has 1 saturated heterocycles. The van der Waals surface area contributed by atoms with Crippen LogP contribution in [0.3, 0.4) is 0 Å². The van der Waals surface area contributed by atoms with Crippen LogP contribution >= 0.6 is 0 Å². The standard InChI is InChI=1S/C12H25N3O/c1-3-10(4-2)9-15-7-5-6-14-11(8-13)12(15)16/h10-11,14H,3-9,13H2,1-2H3. The molecule has 0 radical (unpaired) electrons. The Morgan fingerprint density at radius 1 is 1.50 bits per heavy atom. The Balaban J connectivity index is 2.58. The van der Waals surface area contributed by atoms with E-state index in [1.165, 1.54) is 0 Å². The maximum Gasteiger partial charge on any atom is 0.241 e. The Morgan fingerprint density at radius 2 is 2.19 bits per heavy atom. The number of rotatable bonds is 5. The lowest BCUT2D eigenvalue weighted by Crippen LogP contribution is -2.48. The number of hydrogen-bond acceptors (Lipinski definition) is 3. The third-order valence-electron chi connectivity index (χ3n) is 3.47. The number of carbonyl (C=O) groups excluding carboxylic acids is 1. The van der Waals surface area contributed by atoms with Crippen LogP contribution in [-0.4, -0.2) is 43.0 Å². The highest BCUT2D eigenvalue weighted by atomic mass is 16.2. The Hall–Kier alpha value is -0.610. The zero-order chi connectivity index (χ0) is 12.0. The Bertz CT molecular complexity index is 216. The van der Waals surface area contributed by atoms with E-state index in [1.807, 2.05) is 4.90 Å². The van der Waals surface area contributed by atoms with Crippen molar-refractivity contribution in [1.82, 2.24) is 10.2 Å². The molecule has 3 N–H and O–H groups in total. The van der Waals surface area contributed by atoms with Crippen molar-refractivity contribution in [3.63, 3.8) is 0 Å². The van der Waals surface area contributed by atoms with Crippen LogP contribution in [0.4, 0.5) is 0 Å². The van der Waals surface area contributed by atoms with Crippen molar-refractivity contribution in [3.05, 3.63) is 0 Å². The average molecular weight is 227 g/mol. The molecule has 0 spiro atoms. The molecule has 16 heavy (non-hydrogen) atoms. The Labute approximate surface area is 98.6 Å². The summed E-state index contributed by atoms with van der Waals surface area (Å²) in [4.78, 5) is 14.1. The molecule has 1 amide bonds. The Kier molecular flexibility index (Phi) is 5.77. The summed E-state index contributed by atoms with van der Waals surface area (Å²) in [6, 6.07) is -0.170.